The molecule has 0 bridgehead atoms. The fraction of sp³-hybridized carbons (Fsp3) is 0.650. The van der Waals surface area contributed by atoms with Crippen molar-refractivity contribution in [3.63, 3.8) is 0 Å². The maximum Gasteiger partial charge on any atom is 0.387 e. The highest BCUT2D eigenvalue weighted by Crippen LogP contribution is 2.54. The summed E-state index contributed by atoms with van der Waals surface area (Å²) in [7, 11) is 0. The predicted octanol–water partition coefficient (Wildman–Crippen LogP) is 3.23. The third-order valence-electron chi connectivity index (χ3n) is 6.20. The SMILES string of the molecule is C[C@]1(O)C[C@@H](C(=O)N2CC3(CC(Cc4ccc(OC(F)F)cc4)C3)C2)C1. The van der Waals surface area contributed by atoms with E-state index in [9.17, 15) is 18.7 Å². The average Bonchev–Trinajstić information content (AvgIpc) is 2.46. The van der Waals surface area contributed by atoms with E-state index in [0.717, 1.165) is 37.9 Å². The molecule has 0 atom stereocenters. The zero-order valence-electron chi connectivity index (χ0n) is 15.0. The van der Waals surface area contributed by atoms with Crippen LogP contribution in [0, 0.1) is 17.3 Å². The van der Waals surface area contributed by atoms with Gasteiger partial charge in [-0.25, -0.2) is 0 Å². The normalized spacial score (nSPS) is 29.9. The summed E-state index contributed by atoms with van der Waals surface area (Å²) in [5, 5.41) is 9.78. The first-order chi connectivity index (χ1) is 12.2. The zero-order chi connectivity index (χ0) is 18.5. The number of rotatable bonds is 5. The molecule has 142 valence electrons. The molecule has 4 nitrogen and oxygen atoms in total. The molecule has 3 fully saturated rings. The van der Waals surface area contributed by atoms with Crippen molar-refractivity contribution in [3.8, 4) is 5.75 Å². The van der Waals surface area contributed by atoms with Gasteiger partial charge in [-0.1, -0.05) is 12.1 Å². The van der Waals surface area contributed by atoms with Gasteiger partial charge in [-0.15, -0.1) is 0 Å². The molecule has 1 spiro atoms. The van der Waals surface area contributed by atoms with Crippen molar-refractivity contribution in [2.45, 2.75) is 51.2 Å². The van der Waals surface area contributed by atoms with E-state index < -0.39 is 12.2 Å². The first kappa shape index (κ1) is 17.7. The number of carbonyl (C=O) groups excluding carboxylic acids is 1. The van der Waals surface area contributed by atoms with Gasteiger partial charge in [-0.05, 0) is 62.6 Å². The molecule has 6 heteroatoms. The van der Waals surface area contributed by atoms with Crippen LogP contribution in [-0.2, 0) is 11.2 Å². The number of hydrogen-bond donors (Lipinski definition) is 1. The van der Waals surface area contributed by atoms with Crippen LogP contribution < -0.4 is 4.74 Å². The van der Waals surface area contributed by atoms with Crippen LogP contribution in [0.1, 0.15) is 38.2 Å². The largest absolute Gasteiger partial charge is 0.435 e. The van der Waals surface area contributed by atoms with Crippen molar-refractivity contribution in [2.75, 3.05) is 13.1 Å². The van der Waals surface area contributed by atoms with E-state index in [4.69, 9.17) is 0 Å². The fourth-order valence-electron chi connectivity index (χ4n) is 5.06. The van der Waals surface area contributed by atoms with Crippen molar-refractivity contribution in [2.24, 2.45) is 17.3 Å². The Morgan fingerprint density at radius 1 is 1.23 bits per heavy atom. The number of carbonyl (C=O) groups is 1. The Bertz CT molecular complexity index is 667. The molecule has 0 unspecified atom stereocenters. The first-order valence-corrected chi connectivity index (χ1v) is 9.29. The zero-order valence-corrected chi connectivity index (χ0v) is 15.0. The number of ether oxygens (including phenoxy) is 1. The summed E-state index contributed by atoms with van der Waals surface area (Å²) in [5.41, 5.74) is 0.779. The molecule has 1 N–H and O–H groups in total. The third-order valence-corrected chi connectivity index (χ3v) is 6.20. The number of amides is 1. The van der Waals surface area contributed by atoms with E-state index in [2.05, 4.69) is 4.74 Å². The van der Waals surface area contributed by atoms with Gasteiger partial charge < -0.3 is 14.7 Å². The lowest BCUT2D eigenvalue weighted by Gasteiger charge is -2.60. The first-order valence-electron chi connectivity index (χ1n) is 9.29. The highest BCUT2D eigenvalue weighted by Gasteiger charge is 2.55. The van der Waals surface area contributed by atoms with Gasteiger partial charge in [0.1, 0.15) is 5.75 Å². The van der Waals surface area contributed by atoms with Crippen LogP contribution in [0.25, 0.3) is 0 Å². The number of alkyl halides is 2. The van der Waals surface area contributed by atoms with Crippen LogP contribution in [0.3, 0.4) is 0 Å². The number of hydrogen-bond acceptors (Lipinski definition) is 3. The highest BCUT2D eigenvalue weighted by atomic mass is 19.3. The number of aliphatic hydroxyl groups is 1. The molecule has 0 radical (unpaired) electrons. The monoisotopic (exact) mass is 365 g/mol. The molecule has 1 aromatic rings. The Balaban J connectivity index is 1.20. The van der Waals surface area contributed by atoms with E-state index in [-0.39, 0.29) is 17.6 Å². The number of benzene rings is 1. The number of halogens is 2. The summed E-state index contributed by atoms with van der Waals surface area (Å²) in [4.78, 5) is 14.3. The summed E-state index contributed by atoms with van der Waals surface area (Å²) in [5.74, 6) is 1.00. The molecule has 1 saturated heterocycles. The fourth-order valence-corrected chi connectivity index (χ4v) is 5.06. The Kier molecular flexibility index (Phi) is 4.21. The molecule has 1 amide bonds. The third kappa shape index (κ3) is 3.43. The topological polar surface area (TPSA) is 49.8 Å². The second-order valence-corrected chi connectivity index (χ2v) is 8.80. The standard InChI is InChI=1S/C20H25F2NO3/c1-19(25)9-15(10-19)17(24)23-11-20(12-23)7-14(8-20)6-13-2-4-16(5-3-13)26-18(21)22/h2-5,14-15,18,25H,6-12H2,1H3/t15-,19+. The Hall–Kier alpha value is -1.69. The molecule has 2 aliphatic carbocycles. The molecule has 1 aromatic carbocycles. The summed E-state index contributed by atoms with van der Waals surface area (Å²) in [6, 6.07) is 6.88. The van der Waals surface area contributed by atoms with Crippen LogP contribution in [-0.4, -0.2) is 41.2 Å². The molecule has 0 aromatic heterocycles. The molecule has 26 heavy (non-hydrogen) atoms. The lowest BCUT2D eigenvalue weighted by atomic mass is 9.56. The van der Waals surface area contributed by atoms with Crippen molar-refractivity contribution in [1.29, 1.82) is 0 Å². The molecule has 1 aliphatic heterocycles. The summed E-state index contributed by atoms with van der Waals surface area (Å²) >= 11 is 0. The second-order valence-electron chi connectivity index (χ2n) is 8.80. The Labute approximate surface area is 152 Å². The minimum Gasteiger partial charge on any atom is -0.435 e. The van der Waals surface area contributed by atoms with Gasteiger partial charge >= 0.3 is 6.61 Å². The summed E-state index contributed by atoms with van der Waals surface area (Å²) in [6.45, 7) is 0.698. The van der Waals surface area contributed by atoms with Gasteiger partial charge in [-0.3, -0.25) is 4.79 Å². The van der Waals surface area contributed by atoms with Crippen LogP contribution in [0.15, 0.2) is 24.3 Å². The molecule has 2 saturated carbocycles. The lowest BCUT2D eigenvalue weighted by Crippen LogP contribution is -2.66. The van der Waals surface area contributed by atoms with Gasteiger partial charge in [-0.2, -0.15) is 8.78 Å². The van der Waals surface area contributed by atoms with E-state index in [1.807, 2.05) is 17.0 Å². The van der Waals surface area contributed by atoms with E-state index in [1.54, 1.807) is 19.1 Å². The van der Waals surface area contributed by atoms with Crippen LogP contribution in [0.5, 0.6) is 5.75 Å². The van der Waals surface area contributed by atoms with Gasteiger partial charge in [0.2, 0.25) is 5.91 Å². The van der Waals surface area contributed by atoms with Gasteiger partial charge in [0, 0.05) is 24.4 Å². The molecule has 4 rings (SSSR count). The predicted molar refractivity (Wildman–Crippen MR) is 91.9 cm³/mol. The smallest absolute Gasteiger partial charge is 0.387 e. The molecule has 1 heterocycles. The maximum absolute atomic E-state index is 12.4. The van der Waals surface area contributed by atoms with Crippen LogP contribution in [0.2, 0.25) is 0 Å². The Morgan fingerprint density at radius 3 is 2.38 bits per heavy atom. The van der Waals surface area contributed by atoms with E-state index >= 15 is 0 Å². The summed E-state index contributed by atoms with van der Waals surface area (Å²) < 4.78 is 28.7. The molecule has 3 aliphatic rings. The van der Waals surface area contributed by atoms with Gasteiger partial charge in [0.25, 0.3) is 0 Å². The summed E-state index contributed by atoms with van der Waals surface area (Å²) in [6.07, 6.45) is 4.35. The number of likely N-dealkylation sites (tertiary alicyclic amines) is 1. The van der Waals surface area contributed by atoms with E-state index in [1.165, 1.54) is 0 Å². The molecular formula is C20H25F2NO3. The van der Waals surface area contributed by atoms with Crippen molar-refractivity contribution in [3.05, 3.63) is 29.8 Å². The minimum atomic E-state index is -2.79. The van der Waals surface area contributed by atoms with Gasteiger partial charge in [0.15, 0.2) is 0 Å². The quantitative estimate of drug-likeness (QED) is 0.872. The maximum atomic E-state index is 12.4. The van der Waals surface area contributed by atoms with Crippen molar-refractivity contribution in [1.82, 2.24) is 4.90 Å². The van der Waals surface area contributed by atoms with Crippen LogP contribution >= 0.6 is 0 Å². The lowest BCUT2D eigenvalue weighted by molar-refractivity contribution is -0.171. The molecular weight excluding hydrogens is 340 g/mol. The second kappa shape index (κ2) is 6.19. The van der Waals surface area contributed by atoms with Crippen molar-refractivity contribution < 1.29 is 23.4 Å². The average molecular weight is 365 g/mol. The Morgan fingerprint density at radius 2 is 1.85 bits per heavy atom. The van der Waals surface area contributed by atoms with Crippen LogP contribution in [0.4, 0.5) is 8.78 Å². The van der Waals surface area contributed by atoms with E-state index in [0.29, 0.717) is 24.2 Å². The van der Waals surface area contributed by atoms with Crippen molar-refractivity contribution >= 4 is 5.91 Å². The number of nitrogens with zero attached hydrogens (tertiary/aromatic N) is 1. The minimum absolute atomic E-state index is 0.00666. The highest BCUT2D eigenvalue weighted by molar-refractivity contribution is 5.81. The van der Waals surface area contributed by atoms with Gasteiger partial charge in [0.05, 0.1) is 5.60 Å².